The van der Waals surface area contributed by atoms with Crippen LogP contribution in [0.25, 0.3) is 0 Å². The first-order valence-electron chi connectivity index (χ1n) is 4.57. The zero-order valence-electron chi connectivity index (χ0n) is 8.30. The Morgan fingerprint density at radius 1 is 1.27 bits per heavy atom. The van der Waals surface area contributed by atoms with Crippen LogP contribution in [0, 0.1) is 0 Å². The van der Waals surface area contributed by atoms with Crippen LogP contribution < -0.4 is 5.73 Å². The van der Waals surface area contributed by atoms with Crippen molar-refractivity contribution in [1.29, 1.82) is 0 Å². The van der Waals surface area contributed by atoms with Gasteiger partial charge in [0.05, 0.1) is 0 Å². The van der Waals surface area contributed by atoms with Crippen molar-refractivity contribution < 1.29 is 0 Å². The van der Waals surface area contributed by atoms with Crippen molar-refractivity contribution >= 4 is 0 Å². The minimum absolute atomic E-state index is 0.292. The molecule has 0 heterocycles. The predicted molar refractivity (Wildman–Crippen MR) is 50.6 cm³/mol. The Balaban J connectivity index is 3.68. The summed E-state index contributed by atoms with van der Waals surface area (Å²) in [6.45, 7) is 7.52. The number of rotatable bonds is 5. The largest absolute Gasteiger partial charge is 0.327 e. The summed E-state index contributed by atoms with van der Waals surface area (Å²) in [6.07, 6.45) is 2.44. The van der Waals surface area contributed by atoms with Gasteiger partial charge in [0, 0.05) is 18.6 Å². The molecule has 0 aromatic carbocycles. The molecule has 2 heteroatoms. The average molecular weight is 158 g/mol. The highest BCUT2D eigenvalue weighted by Gasteiger charge is 2.10. The molecule has 0 rings (SSSR count). The second-order valence-corrected chi connectivity index (χ2v) is 3.39. The Morgan fingerprint density at radius 3 is 2.00 bits per heavy atom. The van der Waals surface area contributed by atoms with Gasteiger partial charge in [0.2, 0.25) is 0 Å². The molecule has 0 unspecified atom stereocenters. The number of hydrogen-bond acceptors (Lipinski definition) is 2. The van der Waals surface area contributed by atoms with Crippen molar-refractivity contribution in [2.75, 3.05) is 13.6 Å². The fourth-order valence-corrected chi connectivity index (χ4v) is 1.52. The van der Waals surface area contributed by atoms with Gasteiger partial charge >= 0.3 is 0 Å². The van der Waals surface area contributed by atoms with Crippen molar-refractivity contribution in [3.63, 3.8) is 0 Å². The second-order valence-electron chi connectivity index (χ2n) is 3.39. The molecule has 0 radical (unpaired) electrons. The summed E-state index contributed by atoms with van der Waals surface area (Å²) in [5.74, 6) is 0. The Morgan fingerprint density at radius 2 is 1.73 bits per heavy atom. The van der Waals surface area contributed by atoms with E-state index in [9.17, 15) is 0 Å². The third-order valence-corrected chi connectivity index (χ3v) is 2.14. The van der Waals surface area contributed by atoms with E-state index >= 15 is 0 Å². The fourth-order valence-electron chi connectivity index (χ4n) is 1.52. The third kappa shape index (κ3) is 4.38. The predicted octanol–water partition coefficient (Wildman–Crippen LogP) is 1.45. The van der Waals surface area contributed by atoms with Crippen LogP contribution in [0.1, 0.15) is 33.6 Å². The Bertz CT molecular complexity index is 87.6. The maximum absolute atomic E-state index is 5.70. The lowest BCUT2D eigenvalue weighted by Crippen LogP contribution is -2.39. The molecule has 0 fully saturated rings. The molecule has 0 aliphatic rings. The molecule has 0 aliphatic heterocycles. The second kappa shape index (κ2) is 5.56. The van der Waals surface area contributed by atoms with Gasteiger partial charge in [0.25, 0.3) is 0 Å². The summed E-state index contributed by atoms with van der Waals surface area (Å²) in [6, 6.07) is 1.00. The van der Waals surface area contributed by atoms with Crippen LogP contribution in [0.15, 0.2) is 0 Å². The SMILES string of the molecule is CCC(CC)N(C)C[C@@H](C)N. The molecule has 0 saturated carbocycles. The first kappa shape index (κ1) is 10.9. The first-order valence-corrected chi connectivity index (χ1v) is 4.57. The van der Waals surface area contributed by atoms with E-state index in [-0.39, 0.29) is 0 Å². The van der Waals surface area contributed by atoms with Crippen LogP contribution in [0.2, 0.25) is 0 Å². The van der Waals surface area contributed by atoms with Crippen LogP contribution in [0.3, 0.4) is 0 Å². The highest BCUT2D eigenvalue weighted by atomic mass is 15.1. The number of likely N-dealkylation sites (N-methyl/N-ethyl adjacent to an activating group) is 1. The zero-order valence-corrected chi connectivity index (χ0v) is 8.30. The molecule has 0 aromatic rings. The van der Waals surface area contributed by atoms with E-state index in [0.29, 0.717) is 12.1 Å². The van der Waals surface area contributed by atoms with Gasteiger partial charge in [-0.25, -0.2) is 0 Å². The van der Waals surface area contributed by atoms with Crippen LogP contribution in [-0.2, 0) is 0 Å². The van der Waals surface area contributed by atoms with Crippen molar-refractivity contribution in [2.24, 2.45) is 5.73 Å². The minimum Gasteiger partial charge on any atom is -0.327 e. The highest BCUT2D eigenvalue weighted by molar-refractivity contribution is 4.68. The van der Waals surface area contributed by atoms with E-state index in [0.717, 1.165) is 6.54 Å². The lowest BCUT2D eigenvalue weighted by Gasteiger charge is -2.27. The third-order valence-electron chi connectivity index (χ3n) is 2.14. The monoisotopic (exact) mass is 158 g/mol. The van der Waals surface area contributed by atoms with E-state index in [2.05, 4.69) is 32.7 Å². The van der Waals surface area contributed by atoms with Gasteiger partial charge < -0.3 is 10.6 Å². The van der Waals surface area contributed by atoms with Gasteiger partial charge in [-0.3, -0.25) is 0 Å². The summed E-state index contributed by atoms with van der Waals surface area (Å²) in [5, 5.41) is 0. The van der Waals surface area contributed by atoms with Crippen LogP contribution >= 0.6 is 0 Å². The summed E-state index contributed by atoms with van der Waals surface area (Å²) in [5.41, 5.74) is 5.70. The van der Waals surface area contributed by atoms with Gasteiger partial charge in [-0.1, -0.05) is 13.8 Å². The van der Waals surface area contributed by atoms with Gasteiger partial charge in [0.15, 0.2) is 0 Å². The molecule has 2 nitrogen and oxygen atoms in total. The first-order chi connectivity index (χ1) is 5.11. The summed E-state index contributed by atoms with van der Waals surface area (Å²) in [7, 11) is 2.15. The number of hydrogen-bond donors (Lipinski definition) is 1. The van der Waals surface area contributed by atoms with Crippen LogP contribution in [0.5, 0.6) is 0 Å². The Kier molecular flexibility index (Phi) is 5.51. The summed E-state index contributed by atoms with van der Waals surface area (Å²) >= 11 is 0. The van der Waals surface area contributed by atoms with E-state index in [1.165, 1.54) is 12.8 Å². The van der Waals surface area contributed by atoms with Crippen molar-refractivity contribution in [3.05, 3.63) is 0 Å². The lowest BCUT2D eigenvalue weighted by molar-refractivity contribution is 0.220. The smallest absolute Gasteiger partial charge is 0.0139 e. The van der Waals surface area contributed by atoms with E-state index in [1.54, 1.807) is 0 Å². The highest BCUT2D eigenvalue weighted by Crippen LogP contribution is 2.05. The lowest BCUT2D eigenvalue weighted by atomic mass is 10.1. The number of nitrogens with zero attached hydrogens (tertiary/aromatic N) is 1. The molecule has 0 aromatic heterocycles. The molecule has 11 heavy (non-hydrogen) atoms. The van der Waals surface area contributed by atoms with Gasteiger partial charge in [-0.15, -0.1) is 0 Å². The maximum atomic E-state index is 5.70. The molecular weight excluding hydrogens is 136 g/mol. The molecule has 0 saturated heterocycles. The molecule has 1 atom stereocenters. The van der Waals surface area contributed by atoms with Crippen LogP contribution in [-0.4, -0.2) is 30.6 Å². The van der Waals surface area contributed by atoms with E-state index < -0.39 is 0 Å². The fraction of sp³-hybridized carbons (Fsp3) is 1.00. The summed E-state index contributed by atoms with van der Waals surface area (Å²) in [4.78, 5) is 2.35. The van der Waals surface area contributed by atoms with Crippen molar-refractivity contribution in [3.8, 4) is 0 Å². The molecule has 0 amide bonds. The minimum atomic E-state index is 0.292. The van der Waals surface area contributed by atoms with Gasteiger partial charge in [0.1, 0.15) is 0 Å². The average Bonchev–Trinajstić information content (AvgIpc) is 1.88. The Hall–Kier alpha value is -0.0800. The van der Waals surface area contributed by atoms with Gasteiger partial charge in [-0.05, 0) is 26.8 Å². The van der Waals surface area contributed by atoms with Gasteiger partial charge in [-0.2, -0.15) is 0 Å². The van der Waals surface area contributed by atoms with E-state index in [1.807, 2.05) is 0 Å². The quantitative estimate of drug-likeness (QED) is 0.656. The number of nitrogens with two attached hydrogens (primary N) is 1. The zero-order chi connectivity index (χ0) is 8.85. The maximum Gasteiger partial charge on any atom is 0.0139 e. The molecule has 2 N–H and O–H groups in total. The molecular formula is C9H22N2. The standard InChI is InChI=1S/C9H22N2/c1-5-9(6-2)11(4)7-8(3)10/h8-9H,5-7,10H2,1-4H3/t8-/m1/s1. The topological polar surface area (TPSA) is 29.3 Å². The Labute approximate surface area is 70.8 Å². The van der Waals surface area contributed by atoms with Crippen molar-refractivity contribution in [2.45, 2.75) is 45.7 Å². The molecule has 68 valence electrons. The van der Waals surface area contributed by atoms with Crippen LogP contribution in [0.4, 0.5) is 0 Å². The molecule has 0 spiro atoms. The summed E-state index contributed by atoms with van der Waals surface area (Å²) < 4.78 is 0. The normalized spacial score (nSPS) is 14.5. The molecule has 0 bridgehead atoms. The molecule has 0 aliphatic carbocycles. The van der Waals surface area contributed by atoms with E-state index in [4.69, 9.17) is 5.73 Å². The van der Waals surface area contributed by atoms with Crippen molar-refractivity contribution in [1.82, 2.24) is 4.90 Å².